The summed E-state index contributed by atoms with van der Waals surface area (Å²) in [5, 5.41) is 0.347. The van der Waals surface area contributed by atoms with E-state index in [4.69, 9.17) is 11.6 Å². The Morgan fingerprint density at radius 1 is 1.31 bits per heavy atom. The third-order valence-corrected chi connectivity index (χ3v) is 2.78. The second-order valence-corrected chi connectivity index (χ2v) is 4.36. The summed E-state index contributed by atoms with van der Waals surface area (Å²) in [7, 11) is 0. The molecule has 16 heavy (non-hydrogen) atoms. The first-order valence-corrected chi connectivity index (χ1v) is 5.48. The van der Waals surface area contributed by atoms with Gasteiger partial charge in [-0.05, 0) is 13.0 Å². The van der Waals surface area contributed by atoms with Crippen LogP contribution in [-0.2, 0) is 0 Å². The molecule has 0 atom stereocenters. The highest BCUT2D eigenvalue weighted by atomic mass is 35.5. The first-order valence-electron chi connectivity index (χ1n) is 5.10. The normalized spacial score (nSPS) is 19.9. The SMILES string of the molecule is Cc1cc(Cl)nc(N2CCC(F)(F)CC2)n1. The van der Waals surface area contributed by atoms with Crippen LogP contribution in [0.15, 0.2) is 6.07 Å². The molecule has 0 spiro atoms. The van der Waals surface area contributed by atoms with E-state index in [1.165, 1.54) is 0 Å². The molecular formula is C10H12ClF2N3. The van der Waals surface area contributed by atoms with Gasteiger partial charge in [0.25, 0.3) is 5.92 Å². The van der Waals surface area contributed by atoms with Crippen LogP contribution in [0.1, 0.15) is 18.5 Å². The molecule has 0 aliphatic carbocycles. The van der Waals surface area contributed by atoms with Crippen molar-refractivity contribution in [3.8, 4) is 0 Å². The molecule has 1 aromatic rings. The van der Waals surface area contributed by atoms with Crippen LogP contribution >= 0.6 is 11.6 Å². The molecule has 1 fully saturated rings. The summed E-state index contributed by atoms with van der Waals surface area (Å²) in [6.07, 6.45) is -0.302. The second kappa shape index (κ2) is 4.13. The van der Waals surface area contributed by atoms with E-state index in [-0.39, 0.29) is 25.9 Å². The lowest BCUT2D eigenvalue weighted by Gasteiger charge is -2.31. The van der Waals surface area contributed by atoms with Gasteiger partial charge in [-0.3, -0.25) is 0 Å². The van der Waals surface area contributed by atoms with Gasteiger partial charge in [0.1, 0.15) is 5.15 Å². The number of hydrogen-bond acceptors (Lipinski definition) is 3. The molecule has 0 aromatic carbocycles. The first kappa shape index (κ1) is 11.5. The first-order chi connectivity index (χ1) is 7.46. The maximum absolute atomic E-state index is 13.0. The summed E-state index contributed by atoms with van der Waals surface area (Å²) in [5.74, 6) is -2.11. The molecule has 0 amide bonds. The van der Waals surface area contributed by atoms with Gasteiger partial charge in [-0.2, -0.15) is 0 Å². The Hall–Kier alpha value is -0.970. The fraction of sp³-hybridized carbons (Fsp3) is 0.600. The molecule has 6 heteroatoms. The third-order valence-electron chi connectivity index (χ3n) is 2.59. The van der Waals surface area contributed by atoms with E-state index in [0.717, 1.165) is 5.69 Å². The summed E-state index contributed by atoms with van der Waals surface area (Å²) >= 11 is 5.80. The number of rotatable bonds is 1. The van der Waals surface area contributed by atoms with Gasteiger partial charge in [0.2, 0.25) is 5.95 Å². The smallest absolute Gasteiger partial charge is 0.251 e. The largest absolute Gasteiger partial charge is 0.340 e. The van der Waals surface area contributed by atoms with Crippen LogP contribution in [-0.4, -0.2) is 29.0 Å². The molecule has 2 heterocycles. The van der Waals surface area contributed by atoms with Crippen molar-refractivity contribution in [1.82, 2.24) is 9.97 Å². The second-order valence-electron chi connectivity index (χ2n) is 3.98. The fourth-order valence-corrected chi connectivity index (χ4v) is 1.92. The van der Waals surface area contributed by atoms with Crippen LogP contribution in [0.2, 0.25) is 5.15 Å². The highest BCUT2D eigenvalue weighted by Crippen LogP contribution is 2.29. The molecule has 88 valence electrons. The summed E-state index contributed by atoms with van der Waals surface area (Å²) in [4.78, 5) is 9.98. The number of piperidine rings is 1. The van der Waals surface area contributed by atoms with E-state index < -0.39 is 5.92 Å². The Morgan fingerprint density at radius 2 is 1.94 bits per heavy atom. The number of aryl methyl sites for hydroxylation is 1. The molecule has 1 saturated heterocycles. The Kier molecular flexibility index (Phi) is 2.97. The number of anilines is 1. The average molecular weight is 248 g/mol. The zero-order valence-corrected chi connectivity index (χ0v) is 9.64. The molecule has 0 N–H and O–H groups in total. The van der Waals surface area contributed by atoms with Crippen LogP contribution in [0.25, 0.3) is 0 Å². The standard InChI is InChI=1S/C10H12ClF2N3/c1-7-6-8(11)15-9(14-7)16-4-2-10(12,13)3-5-16/h6H,2-5H2,1H3. The molecule has 0 unspecified atom stereocenters. The molecule has 0 saturated carbocycles. The maximum Gasteiger partial charge on any atom is 0.251 e. The minimum atomic E-state index is -2.55. The number of alkyl halides is 2. The predicted octanol–water partition coefficient (Wildman–Crippen LogP) is 2.67. The molecular weight excluding hydrogens is 236 g/mol. The number of nitrogens with zero attached hydrogens (tertiary/aromatic N) is 3. The van der Waals surface area contributed by atoms with Crippen LogP contribution in [0.3, 0.4) is 0 Å². The molecule has 1 aliphatic heterocycles. The molecule has 1 aliphatic rings. The van der Waals surface area contributed by atoms with E-state index in [1.807, 2.05) is 0 Å². The topological polar surface area (TPSA) is 29.0 Å². The van der Waals surface area contributed by atoms with Crippen molar-refractivity contribution in [2.75, 3.05) is 18.0 Å². The van der Waals surface area contributed by atoms with Gasteiger partial charge < -0.3 is 4.90 Å². The predicted molar refractivity (Wildman–Crippen MR) is 58.2 cm³/mol. The Morgan fingerprint density at radius 3 is 2.50 bits per heavy atom. The van der Waals surface area contributed by atoms with E-state index in [0.29, 0.717) is 11.1 Å². The highest BCUT2D eigenvalue weighted by molar-refractivity contribution is 6.29. The lowest BCUT2D eigenvalue weighted by molar-refractivity contribution is -0.0222. The van der Waals surface area contributed by atoms with Crippen LogP contribution < -0.4 is 4.90 Å². The van der Waals surface area contributed by atoms with Crippen molar-refractivity contribution < 1.29 is 8.78 Å². The maximum atomic E-state index is 13.0. The quantitative estimate of drug-likeness (QED) is 0.715. The Labute approximate surface area is 97.4 Å². The van der Waals surface area contributed by atoms with E-state index in [2.05, 4.69) is 9.97 Å². The summed E-state index contributed by atoms with van der Waals surface area (Å²) < 4.78 is 25.9. The summed E-state index contributed by atoms with van der Waals surface area (Å²) in [6, 6.07) is 1.64. The van der Waals surface area contributed by atoms with Crippen molar-refractivity contribution in [3.63, 3.8) is 0 Å². The number of halogens is 3. The lowest BCUT2D eigenvalue weighted by Crippen LogP contribution is -2.40. The molecule has 2 rings (SSSR count). The molecule has 0 radical (unpaired) electrons. The van der Waals surface area contributed by atoms with Crippen LogP contribution in [0.4, 0.5) is 14.7 Å². The summed E-state index contributed by atoms with van der Waals surface area (Å²) in [5.41, 5.74) is 0.743. The zero-order chi connectivity index (χ0) is 11.8. The minimum Gasteiger partial charge on any atom is -0.340 e. The van der Waals surface area contributed by atoms with Gasteiger partial charge in [-0.25, -0.2) is 18.7 Å². The van der Waals surface area contributed by atoms with Crippen molar-refractivity contribution in [3.05, 3.63) is 16.9 Å². The average Bonchev–Trinajstić information content (AvgIpc) is 2.15. The minimum absolute atomic E-state index is 0.151. The molecule has 3 nitrogen and oxygen atoms in total. The molecule has 0 bridgehead atoms. The van der Waals surface area contributed by atoms with E-state index >= 15 is 0 Å². The van der Waals surface area contributed by atoms with Crippen molar-refractivity contribution in [2.45, 2.75) is 25.7 Å². The van der Waals surface area contributed by atoms with Crippen LogP contribution in [0, 0.1) is 6.92 Å². The highest BCUT2D eigenvalue weighted by Gasteiger charge is 2.34. The zero-order valence-electron chi connectivity index (χ0n) is 8.88. The Bertz CT molecular complexity index is 367. The van der Waals surface area contributed by atoms with Gasteiger partial charge in [0, 0.05) is 31.6 Å². The number of hydrogen-bond donors (Lipinski definition) is 0. The van der Waals surface area contributed by atoms with E-state index in [1.54, 1.807) is 17.9 Å². The fourth-order valence-electron chi connectivity index (χ4n) is 1.69. The van der Waals surface area contributed by atoms with E-state index in [9.17, 15) is 8.78 Å². The van der Waals surface area contributed by atoms with Gasteiger partial charge >= 0.3 is 0 Å². The Balaban J connectivity index is 2.14. The van der Waals surface area contributed by atoms with Gasteiger partial charge in [0.15, 0.2) is 0 Å². The van der Waals surface area contributed by atoms with Crippen LogP contribution in [0.5, 0.6) is 0 Å². The van der Waals surface area contributed by atoms with Crippen molar-refractivity contribution >= 4 is 17.5 Å². The van der Waals surface area contributed by atoms with Crippen molar-refractivity contribution in [2.24, 2.45) is 0 Å². The van der Waals surface area contributed by atoms with Gasteiger partial charge in [0.05, 0.1) is 0 Å². The summed E-state index contributed by atoms with van der Waals surface area (Å²) in [6.45, 7) is 2.34. The lowest BCUT2D eigenvalue weighted by atomic mass is 10.1. The van der Waals surface area contributed by atoms with Gasteiger partial charge in [-0.15, -0.1) is 0 Å². The molecule has 1 aromatic heterocycles. The number of aromatic nitrogens is 2. The van der Waals surface area contributed by atoms with Gasteiger partial charge in [-0.1, -0.05) is 11.6 Å². The third kappa shape index (κ3) is 2.58. The van der Waals surface area contributed by atoms with Crippen molar-refractivity contribution in [1.29, 1.82) is 0 Å². The monoisotopic (exact) mass is 247 g/mol.